The third-order valence-electron chi connectivity index (χ3n) is 3.78. The number of hydrogen-bond acceptors (Lipinski definition) is 8. The van der Waals surface area contributed by atoms with E-state index in [1.807, 2.05) is 0 Å². The second-order valence-corrected chi connectivity index (χ2v) is 5.13. The molecule has 128 valence electrons. The van der Waals surface area contributed by atoms with Gasteiger partial charge < -0.3 is 21.0 Å². The number of fused-ring (bicyclic) bond motifs is 1. The summed E-state index contributed by atoms with van der Waals surface area (Å²) in [5, 5.41) is 49.7. The van der Waals surface area contributed by atoms with E-state index in [1.54, 1.807) is 12.1 Å². The first-order valence-corrected chi connectivity index (χ1v) is 6.70. The molecule has 1 aliphatic carbocycles. The van der Waals surface area contributed by atoms with Crippen LogP contribution in [0, 0.1) is 30.6 Å². The van der Waals surface area contributed by atoms with Gasteiger partial charge >= 0.3 is 0 Å². The van der Waals surface area contributed by atoms with Gasteiger partial charge in [0.2, 0.25) is 5.71 Å². The lowest BCUT2D eigenvalue weighted by atomic mass is 9.83. The fraction of sp³-hybridized carbons (Fsp3) is 0.0769. The molecule has 0 unspecified atom stereocenters. The number of nitro groups is 2. The van der Waals surface area contributed by atoms with E-state index in [1.165, 1.54) is 12.1 Å². The Morgan fingerprint density at radius 3 is 1.88 bits per heavy atom. The zero-order valence-electron chi connectivity index (χ0n) is 12.2. The fourth-order valence-corrected chi connectivity index (χ4v) is 2.69. The normalized spacial score (nSPS) is 21.4. The molecule has 1 aromatic rings. The summed E-state index contributed by atoms with van der Waals surface area (Å²) in [5.74, 6) is -1.08. The quantitative estimate of drug-likeness (QED) is 0.443. The van der Waals surface area contributed by atoms with Gasteiger partial charge in [0.25, 0.3) is 22.8 Å². The summed E-state index contributed by atoms with van der Waals surface area (Å²) in [7, 11) is 0. The summed E-state index contributed by atoms with van der Waals surface area (Å²) in [6.07, 6.45) is 1.07. The van der Waals surface area contributed by atoms with Crippen molar-refractivity contribution >= 4 is 23.0 Å². The fourth-order valence-electron chi connectivity index (χ4n) is 2.69. The van der Waals surface area contributed by atoms with Crippen molar-refractivity contribution in [3.05, 3.63) is 78.5 Å². The van der Waals surface area contributed by atoms with Crippen molar-refractivity contribution in [1.82, 2.24) is 0 Å². The minimum atomic E-state index is -2.50. The van der Waals surface area contributed by atoms with Crippen LogP contribution in [-0.4, -0.2) is 31.9 Å². The maximum absolute atomic E-state index is 12.6. The largest absolute Gasteiger partial charge is 0.612 e. The summed E-state index contributed by atoms with van der Waals surface area (Å²) in [5.41, 5.74) is -4.92. The van der Waals surface area contributed by atoms with Crippen molar-refractivity contribution in [2.75, 3.05) is 10.6 Å². The number of nitrogens with zero attached hydrogens (tertiary/aromatic N) is 3. The summed E-state index contributed by atoms with van der Waals surface area (Å²) in [4.78, 5) is 32.4. The number of carbonyl (C=O) groups is 1. The highest BCUT2D eigenvalue weighted by molar-refractivity contribution is 6.14. The van der Waals surface area contributed by atoms with Gasteiger partial charge in [-0.1, -0.05) is 12.1 Å². The molecule has 2 N–H and O–H groups in total. The van der Waals surface area contributed by atoms with Gasteiger partial charge in [-0.3, -0.25) is 25.0 Å². The molecular formula is C13H8N5O7-. The van der Waals surface area contributed by atoms with Gasteiger partial charge in [0.1, 0.15) is 0 Å². The van der Waals surface area contributed by atoms with Crippen LogP contribution in [0.15, 0.2) is 47.8 Å². The number of amides is 1. The van der Waals surface area contributed by atoms with Crippen LogP contribution in [-0.2, 0) is 4.79 Å². The van der Waals surface area contributed by atoms with E-state index in [-0.39, 0.29) is 11.4 Å². The second-order valence-electron chi connectivity index (χ2n) is 5.13. The highest BCUT2D eigenvalue weighted by Crippen LogP contribution is 2.40. The van der Waals surface area contributed by atoms with Crippen LogP contribution in [0.25, 0.3) is 0 Å². The van der Waals surface area contributed by atoms with Crippen LogP contribution in [0.3, 0.4) is 0 Å². The molecule has 0 saturated heterocycles. The number of anilines is 2. The molecule has 0 fully saturated rings. The first-order valence-electron chi connectivity index (χ1n) is 6.70. The second kappa shape index (κ2) is 5.30. The summed E-state index contributed by atoms with van der Waals surface area (Å²) < 4.78 is 0. The molecule has 12 nitrogen and oxygen atoms in total. The SMILES string of the molecule is O=C1Nc2ccccc2NC12C([N+](=O)[O-])=CC(=[N+]([O-])[O-])C=C2[N+](=O)[O-]. The van der Waals surface area contributed by atoms with Gasteiger partial charge in [-0.15, -0.1) is 0 Å². The maximum atomic E-state index is 12.6. The molecule has 1 amide bonds. The molecule has 0 radical (unpaired) electrons. The van der Waals surface area contributed by atoms with Gasteiger partial charge in [0, 0.05) is 0 Å². The average Bonchev–Trinajstić information content (AvgIpc) is 2.55. The monoisotopic (exact) mass is 346 g/mol. The predicted octanol–water partition coefficient (Wildman–Crippen LogP) is 0.573. The number of para-hydroxylation sites is 2. The van der Waals surface area contributed by atoms with Crippen molar-refractivity contribution in [1.29, 1.82) is 0 Å². The van der Waals surface area contributed by atoms with Crippen LogP contribution in [0.1, 0.15) is 0 Å². The van der Waals surface area contributed by atoms with Crippen molar-refractivity contribution in [3.63, 3.8) is 0 Å². The van der Waals surface area contributed by atoms with Crippen LogP contribution < -0.4 is 10.6 Å². The van der Waals surface area contributed by atoms with E-state index in [0.717, 1.165) is 0 Å². The Bertz CT molecular complexity index is 879. The van der Waals surface area contributed by atoms with E-state index in [2.05, 4.69) is 10.6 Å². The molecular weight excluding hydrogens is 338 g/mol. The van der Waals surface area contributed by atoms with Crippen molar-refractivity contribution < 1.29 is 19.5 Å². The van der Waals surface area contributed by atoms with E-state index in [4.69, 9.17) is 0 Å². The number of hydrogen-bond donors (Lipinski definition) is 2. The molecule has 0 atom stereocenters. The number of rotatable bonds is 2. The van der Waals surface area contributed by atoms with Gasteiger partial charge in [-0.05, 0) is 12.1 Å². The molecule has 1 aromatic carbocycles. The standard InChI is InChI=1S/C13H8N5O7/c19-12-13(15-9-4-2-1-3-8(9)14-12)10(17(22)23)5-7(16(20)21)6-11(13)18(24)25/h1-6,15H,(H-,14,19,20,21)/q-1. The Labute approximate surface area is 138 Å². The first kappa shape index (κ1) is 15.9. The molecule has 2 aliphatic rings. The van der Waals surface area contributed by atoms with Gasteiger partial charge in [-0.25, -0.2) is 0 Å². The van der Waals surface area contributed by atoms with E-state index >= 15 is 0 Å². The van der Waals surface area contributed by atoms with Crippen LogP contribution in [0.2, 0.25) is 0 Å². The van der Waals surface area contributed by atoms with E-state index in [0.29, 0.717) is 12.2 Å². The van der Waals surface area contributed by atoms with Crippen molar-refractivity contribution in [3.8, 4) is 0 Å². The lowest BCUT2D eigenvalue weighted by Crippen LogP contribution is -2.59. The molecule has 1 aliphatic heterocycles. The summed E-state index contributed by atoms with van der Waals surface area (Å²) in [6, 6.07) is 6.10. The highest BCUT2D eigenvalue weighted by atomic mass is 16.8. The number of carbonyl (C=O) groups excluding carboxylic acids is 1. The topological polar surface area (TPSA) is 177 Å². The number of nitrogens with one attached hydrogen (secondary N) is 2. The third kappa shape index (κ3) is 2.23. The van der Waals surface area contributed by atoms with Gasteiger partial charge in [0.05, 0.1) is 33.4 Å². The minimum absolute atomic E-state index is 0.201. The zero-order valence-corrected chi connectivity index (χ0v) is 12.2. The van der Waals surface area contributed by atoms with Gasteiger partial charge in [-0.2, -0.15) is 4.90 Å². The zero-order chi connectivity index (χ0) is 18.4. The molecule has 1 spiro atoms. The Morgan fingerprint density at radius 1 is 0.880 bits per heavy atom. The van der Waals surface area contributed by atoms with Crippen molar-refractivity contribution in [2.24, 2.45) is 0 Å². The summed E-state index contributed by atoms with van der Waals surface area (Å²) in [6.45, 7) is 0. The third-order valence-corrected chi connectivity index (χ3v) is 3.78. The molecule has 0 bridgehead atoms. The Balaban J connectivity index is 2.31. The van der Waals surface area contributed by atoms with E-state index in [9.17, 15) is 35.4 Å². The van der Waals surface area contributed by atoms with Crippen LogP contribution >= 0.6 is 0 Å². The van der Waals surface area contributed by atoms with Crippen molar-refractivity contribution in [2.45, 2.75) is 5.54 Å². The summed E-state index contributed by atoms with van der Waals surface area (Å²) >= 11 is 0. The molecule has 3 rings (SSSR count). The Morgan fingerprint density at radius 2 is 1.40 bits per heavy atom. The van der Waals surface area contributed by atoms with Crippen LogP contribution in [0.4, 0.5) is 11.4 Å². The minimum Gasteiger partial charge on any atom is -0.612 e. The molecule has 0 aromatic heterocycles. The molecule has 12 heteroatoms. The number of benzene rings is 1. The smallest absolute Gasteiger partial charge is 0.299 e. The first-order chi connectivity index (χ1) is 11.8. The van der Waals surface area contributed by atoms with E-state index < -0.39 is 43.3 Å². The lowest BCUT2D eigenvalue weighted by Gasteiger charge is -2.34. The highest BCUT2D eigenvalue weighted by Gasteiger charge is 2.63. The predicted molar refractivity (Wildman–Crippen MR) is 83.6 cm³/mol. The van der Waals surface area contributed by atoms with Gasteiger partial charge in [0.15, 0.2) is 0 Å². The molecule has 0 saturated carbocycles. The maximum Gasteiger partial charge on any atom is 0.299 e. The Kier molecular flexibility index (Phi) is 3.37. The number of allylic oxidation sites excluding steroid dienone is 2. The molecule has 25 heavy (non-hydrogen) atoms. The van der Waals surface area contributed by atoms with Crippen LogP contribution in [0.5, 0.6) is 0 Å². The average molecular weight is 346 g/mol. The Hall–Kier alpha value is -3.96. The lowest BCUT2D eigenvalue weighted by molar-refractivity contribution is -0.458. The molecule has 1 heterocycles.